The highest BCUT2D eigenvalue weighted by atomic mass is 16.6. The first kappa shape index (κ1) is 33.9. The quantitative estimate of drug-likeness (QED) is 0.0839. The molecule has 1 N–H and O–H groups in total. The molecule has 0 radical (unpaired) electrons. The van der Waals surface area contributed by atoms with Gasteiger partial charge in [0.25, 0.3) is 0 Å². The SMILES string of the molecule is CC(=O)Oc1cc(O)c2c3c1O[C@H]1[C@H](N(CCCc4ccccc4)C(=O)CCCCC(=O)c4ccccc4)CC[C@H]4[C@@H](C2)N(CC2CC2)CC[C@@]341. The number of hydrogen-bond acceptors (Lipinski definition) is 7. The van der Waals surface area contributed by atoms with Crippen molar-refractivity contribution in [3.8, 4) is 17.2 Å². The Labute approximate surface area is 301 Å². The summed E-state index contributed by atoms with van der Waals surface area (Å²) in [6.45, 7) is 4.06. The number of aromatic hydroxyl groups is 1. The summed E-state index contributed by atoms with van der Waals surface area (Å²) in [6.07, 6.45) is 9.56. The van der Waals surface area contributed by atoms with Crippen LogP contribution in [0.5, 0.6) is 17.2 Å². The zero-order valence-electron chi connectivity index (χ0n) is 29.7. The smallest absolute Gasteiger partial charge is 0.308 e. The molecule has 5 aliphatic rings. The number of carbonyl (C=O) groups excluding carboxylic acids is 3. The van der Waals surface area contributed by atoms with Gasteiger partial charge in [-0.3, -0.25) is 19.3 Å². The number of ether oxygens (including phenoxy) is 2. The summed E-state index contributed by atoms with van der Waals surface area (Å²) in [7, 11) is 0. The number of Topliss-reactive ketones (excluding diaryl/α,β-unsaturated/α-hetero) is 1. The number of hydrogen-bond donors (Lipinski definition) is 1. The number of amides is 1. The number of esters is 1. The first-order valence-corrected chi connectivity index (χ1v) is 19.2. The van der Waals surface area contributed by atoms with Crippen molar-refractivity contribution in [2.75, 3.05) is 19.6 Å². The number of phenols is 1. The minimum absolute atomic E-state index is 0.108. The fraction of sp³-hybridized carbons (Fsp3) is 0.512. The summed E-state index contributed by atoms with van der Waals surface area (Å²) in [4.78, 5) is 44.3. The number of aryl methyl sites for hydroxylation is 1. The minimum atomic E-state index is -0.453. The molecule has 8 heteroatoms. The molecule has 2 aliphatic heterocycles. The Kier molecular flexibility index (Phi) is 9.38. The molecule has 268 valence electrons. The van der Waals surface area contributed by atoms with Crippen molar-refractivity contribution < 1.29 is 29.0 Å². The van der Waals surface area contributed by atoms with Gasteiger partial charge in [0.15, 0.2) is 17.3 Å². The normalized spacial score (nSPS) is 25.8. The molecular weight excluding hydrogens is 640 g/mol. The molecule has 0 unspecified atom stereocenters. The summed E-state index contributed by atoms with van der Waals surface area (Å²) in [6, 6.07) is 21.5. The van der Waals surface area contributed by atoms with E-state index in [4.69, 9.17) is 9.47 Å². The highest BCUT2D eigenvalue weighted by molar-refractivity contribution is 5.96. The van der Waals surface area contributed by atoms with Gasteiger partial charge in [0.1, 0.15) is 11.9 Å². The molecule has 0 aromatic heterocycles. The topological polar surface area (TPSA) is 96.4 Å². The van der Waals surface area contributed by atoms with Crippen LogP contribution in [-0.2, 0) is 27.8 Å². The molecule has 3 aromatic rings. The van der Waals surface area contributed by atoms with Crippen LogP contribution in [0.4, 0.5) is 0 Å². The van der Waals surface area contributed by atoms with Gasteiger partial charge >= 0.3 is 5.97 Å². The van der Waals surface area contributed by atoms with Gasteiger partial charge in [0.2, 0.25) is 5.91 Å². The molecule has 5 atom stereocenters. The number of rotatable bonds is 14. The van der Waals surface area contributed by atoms with Gasteiger partial charge in [-0.25, -0.2) is 0 Å². The van der Waals surface area contributed by atoms with E-state index in [-0.39, 0.29) is 40.8 Å². The van der Waals surface area contributed by atoms with Gasteiger partial charge < -0.3 is 19.5 Å². The number of nitrogens with zero attached hydrogens (tertiary/aromatic N) is 2. The summed E-state index contributed by atoms with van der Waals surface area (Å²) in [5.41, 5.74) is 3.55. The van der Waals surface area contributed by atoms with E-state index in [0.717, 1.165) is 68.7 Å². The van der Waals surface area contributed by atoms with E-state index < -0.39 is 5.97 Å². The summed E-state index contributed by atoms with van der Waals surface area (Å²) in [5, 5.41) is 11.5. The largest absolute Gasteiger partial charge is 0.508 e. The lowest BCUT2D eigenvalue weighted by Gasteiger charge is -2.60. The third-order valence-corrected chi connectivity index (χ3v) is 12.5. The molecule has 51 heavy (non-hydrogen) atoms. The predicted octanol–water partition coefficient (Wildman–Crippen LogP) is 7.04. The van der Waals surface area contributed by atoms with Crippen molar-refractivity contribution >= 4 is 17.7 Å². The highest BCUT2D eigenvalue weighted by Gasteiger charge is 2.67. The third kappa shape index (κ3) is 6.45. The molecule has 8 nitrogen and oxygen atoms in total. The molecule has 3 aromatic carbocycles. The second-order valence-electron chi connectivity index (χ2n) is 15.6. The van der Waals surface area contributed by atoms with Gasteiger partial charge in [-0.05, 0) is 88.2 Å². The van der Waals surface area contributed by atoms with E-state index >= 15 is 0 Å². The first-order chi connectivity index (χ1) is 24.8. The fourth-order valence-corrected chi connectivity index (χ4v) is 10.1. The summed E-state index contributed by atoms with van der Waals surface area (Å²) >= 11 is 0. The Morgan fingerprint density at radius 3 is 2.45 bits per heavy atom. The minimum Gasteiger partial charge on any atom is -0.508 e. The Morgan fingerprint density at radius 1 is 0.961 bits per heavy atom. The molecule has 1 saturated heterocycles. The van der Waals surface area contributed by atoms with Gasteiger partial charge in [-0.2, -0.15) is 0 Å². The van der Waals surface area contributed by atoms with Crippen molar-refractivity contribution in [2.45, 2.75) is 108 Å². The van der Waals surface area contributed by atoms with E-state index in [1.165, 1.54) is 25.3 Å². The summed E-state index contributed by atoms with van der Waals surface area (Å²) < 4.78 is 12.8. The first-order valence-electron chi connectivity index (χ1n) is 19.2. The van der Waals surface area contributed by atoms with E-state index in [2.05, 4.69) is 34.1 Å². The molecule has 2 bridgehead atoms. The van der Waals surface area contributed by atoms with Crippen LogP contribution in [-0.4, -0.2) is 70.4 Å². The number of piperidine rings is 1. The lowest BCUT2D eigenvalue weighted by molar-refractivity contribution is -0.143. The van der Waals surface area contributed by atoms with Crippen molar-refractivity contribution in [3.63, 3.8) is 0 Å². The lowest BCUT2D eigenvalue weighted by Crippen LogP contribution is -2.69. The Balaban J connectivity index is 1.08. The molecule has 1 spiro atoms. The van der Waals surface area contributed by atoms with Gasteiger partial charge in [-0.15, -0.1) is 0 Å². The van der Waals surface area contributed by atoms with Crippen molar-refractivity contribution in [1.82, 2.24) is 9.80 Å². The van der Waals surface area contributed by atoms with Crippen LogP contribution in [0.15, 0.2) is 66.7 Å². The second kappa shape index (κ2) is 14.1. The third-order valence-electron chi connectivity index (χ3n) is 12.5. The number of benzene rings is 3. The number of ketones is 1. The molecule has 3 aliphatic carbocycles. The van der Waals surface area contributed by atoms with Crippen LogP contribution in [0.1, 0.15) is 98.2 Å². The summed E-state index contributed by atoms with van der Waals surface area (Å²) in [5.74, 6) is 1.91. The van der Waals surface area contributed by atoms with Crippen molar-refractivity contribution in [3.05, 3.63) is 89.0 Å². The van der Waals surface area contributed by atoms with Crippen LogP contribution in [0, 0.1) is 11.8 Å². The predicted molar refractivity (Wildman–Crippen MR) is 194 cm³/mol. The van der Waals surface area contributed by atoms with Gasteiger partial charge in [0.05, 0.1) is 6.04 Å². The maximum atomic E-state index is 14.4. The number of carbonyl (C=O) groups is 3. The maximum absolute atomic E-state index is 14.4. The number of unbranched alkanes of at least 4 members (excludes halogenated alkanes) is 1. The van der Waals surface area contributed by atoms with E-state index in [1.807, 2.05) is 36.4 Å². The standard InChI is InChI=1S/C43H50N2O6/c1-28(46)50-38-26-37(48)32-25-35-33-20-21-34(42-43(33,40(32)41(38)51-42)22-24-44(35)27-30-18-19-30)45(23-10-13-29-11-4-2-5-12-29)39(49)17-9-8-16-36(47)31-14-6-3-7-15-31/h2-7,11-12,14-15,26,30,33-35,42,48H,8-10,13,16-25,27H2,1H3/t33-,34+,35+,42-,43-/m0/s1. The van der Waals surface area contributed by atoms with Gasteiger partial charge in [-0.1, -0.05) is 60.7 Å². The zero-order chi connectivity index (χ0) is 35.1. The average molecular weight is 691 g/mol. The zero-order valence-corrected chi connectivity index (χ0v) is 29.7. The second-order valence-corrected chi connectivity index (χ2v) is 15.6. The highest BCUT2D eigenvalue weighted by Crippen LogP contribution is 2.66. The van der Waals surface area contributed by atoms with Crippen LogP contribution in [0.2, 0.25) is 0 Å². The molecule has 3 fully saturated rings. The molecule has 8 rings (SSSR count). The van der Waals surface area contributed by atoms with E-state index in [0.29, 0.717) is 55.5 Å². The van der Waals surface area contributed by atoms with Crippen LogP contribution in [0.3, 0.4) is 0 Å². The molecule has 2 saturated carbocycles. The average Bonchev–Trinajstić information content (AvgIpc) is 3.89. The maximum Gasteiger partial charge on any atom is 0.308 e. The monoisotopic (exact) mass is 690 g/mol. The Morgan fingerprint density at radius 2 is 1.71 bits per heavy atom. The van der Waals surface area contributed by atoms with Crippen LogP contribution < -0.4 is 9.47 Å². The fourth-order valence-electron chi connectivity index (χ4n) is 10.1. The molecule has 1 amide bonds. The van der Waals surface area contributed by atoms with Crippen LogP contribution >= 0.6 is 0 Å². The number of likely N-dealkylation sites (tertiary alicyclic amines) is 1. The molecule has 2 heterocycles. The lowest BCUT2D eigenvalue weighted by atomic mass is 9.50. The van der Waals surface area contributed by atoms with Gasteiger partial charge in [0, 0.05) is 67.1 Å². The van der Waals surface area contributed by atoms with Crippen molar-refractivity contribution in [1.29, 1.82) is 0 Å². The molecular formula is C43H50N2O6. The van der Waals surface area contributed by atoms with E-state index in [1.54, 1.807) is 6.07 Å². The van der Waals surface area contributed by atoms with Crippen molar-refractivity contribution in [2.24, 2.45) is 11.8 Å². The Bertz CT molecular complexity index is 1770. The number of phenolic OH excluding ortho intramolecular Hbond substituents is 1. The van der Waals surface area contributed by atoms with Crippen LogP contribution in [0.25, 0.3) is 0 Å². The Hall–Kier alpha value is -4.17. The van der Waals surface area contributed by atoms with E-state index in [9.17, 15) is 19.5 Å².